The van der Waals surface area contributed by atoms with Crippen molar-refractivity contribution in [3.8, 4) is 11.4 Å². The largest absolute Gasteiger partial charge is 0.478 e. The normalized spacial score (nSPS) is 11.8. The molecule has 208 valence electrons. The van der Waals surface area contributed by atoms with Gasteiger partial charge in [0.1, 0.15) is 6.54 Å². The quantitative estimate of drug-likeness (QED) is 0.303. The molecule has 0 atom stereocenters. The van der Waals surface area contributed by atoms with E-state index in [-0.39, 0.29) is 23.5 Å². The molecule has 3 aromatic carbocycles. The summed E-state index contributed by atoms with van der Waals surface area (Å²) >= 11 is 6.00. The zero-order valence-electron chi connectivity index (χ0n) is 21.4. The molecule has 0 bridgehead atoms. The molecule has 2 N–H and O–H groups in total. The second-order valence-electron chi connectivity index (χ2n) is 9.61. The Labute approximate surface area is 231 Å². The van der Waals surface area contributed by atoms with E-state index in [4.69, 9.17) is 16.7 Å². The number of amides is 1. The summed E-state index contributed by atoms with van der Waals surface area (Å²) < 4.78 is 41.9. The van der Waals surface area contributed by atoms with E-state index in [0.29, 0.717) is 16.1 Å². The number of aromatic carboxylic acids is 1. The number of carbonyl (C=O) groups excluding carboxylic acids is 1. The zero-order chi connectivity index (χ0) is 29.2. The van der Waals surface area contributed by atoms with Crippen LogP contribution in [0.3, 0.4) is 0 Å². The van der Waals surface area contributed by atoms with E-state index >= 15 is 0 Å². The van der Waals surface area contributed by atoms with Gasteiger partial charge in [0.15, 0.2) is 5.82 Å². The van der Waals surface area contributed by atoms with Gasteiger partial charge in [0.2, 0.25) is 5.91 Å². The van der Waals surface area contributed by atoms with Crippen molar-refractivity contribution < 1.29 is 27.9 Å². The highest BCUT2D eigenvalue weighted by Crippen LogP contribution is 2.32. The van der Waals surface area contributed by atoms with Gasteiger partial charge < -0.3 is 10.4 Å². The molecule has 40 heavy (non-hydrogen) atoms. The summed E-state index contributed by atoms with van der Waals surface area (Å²) in [5, 5.41) is 16.7. The van der Waals surface area contributed by atoms with Crippen LogP contribution in [0.25, 0.3) is 11.4 Å². The van der Waals surface area contributed by atoms with E-state index in [9.17, 15) is 27.6 Å². The Hall–Kier alpha value is -4.38. The fraction of sp³-hybridized carbons (Fsp3) is 0.214. The smallest absolute Gasteiger partial charge is 0.416 e. The summed E-state index contributed by atoms with van der Waals surface area (Å²) in [5.74, 6) is -1.48. The number of carboxylic acid groups (broad SMARTS) is 1. The lowest BCUT2D eigenvalue weighted by Crippen LogP contribution is -2.44. The first kappa shape index (κ1) is 28.6. The predicted molar refractivity (Wildman–Crippen MR) is 142 cm³/mol. The molecule has 1 aromatic heterocycles. The lowest BCUT2D eigenvalue weighted by atomic mass is 9.92. The van der Waals surface area contributed by atoms with Gasteiger partial charge in [0, 0.05) is 10.6 Å². The third-order valence-corrected chi connectivity index (χ3v) is 6.48. The fourth-order valence-corrected chi connectivity index (χ4v) is 4.24. The minimum Gasteiger partial charge on any atom is -0.478 e. The molecule has 0 saturated heterocycles. The highest BCUT2D eigenvalue weighted by Gasteiger charge is 2.32. The Morgan fingerprint density at radius 2 is 1.60 bits per heavy atom. The number of alkyl halides is 3. The predicted octanol–water partition coefficient (Wildman–Crippen LogP) is 5.18. The lowest BCUT2D eigenvalue weighted by Gasteiger charge is -2.27. The summed E-state index contributed by atoms with van der Waals surface area (Å²) in [6.07, 6.45) is -4.54. The maximum atomic E-state index is 13.4. The third kappa shape index (κ3) is 6.42. The summed E-state index contributed by atoms with van der Waals surface area (Å²) in [6, 6.07) is 17.2. The van der Waals surface area contributed by atoms with E-state index in [1.165, 1.54) is 28.8 Å². The van der Waals surface area contributed by atoms with Crippen LogP contribution in [0, 0.1) is 0 Å². The number of nitrogens with zero attached hydrogens (tertiary/aromatic N) is 3. The Kier molecular flexibility index (Phi) is 7.88. The number of hydrogen-bond acceptors (Lipinski definition) is 4. The van der Waals surface area contributed by atoms with E-state index in [2.05, 4.69) is 10.4 Å². The molecule has 0 unspecified atom stereocenters. The first-order valence-corrected chi connectivity index (χ1v) is 12.4. The van der Waals surface area contributed by atoms with Crippen LogP contribution in [0.15, 0.2) is 77.6 Å². The van der Waals surface area contributed by atoms with Crippen LogP contribution < -0.4 is 11.0 Å². The van der Waals surface area contributed by atoms with Crippen LogP contribution in [0.2, 0.25) is 5.02 Å². The van der Waals surface area contributed by atoms with Gasteiger partial charge in [-0.2, -0.15) is 13.2 Å². The van der Waals surface area contributed by atoms with Crippen molar-refractivity contribution in [2.24, 2.45) is 0 Å². The van der Waals surface area contributed by atoms with Crippen molar-refractivity contribution in [2.45, 2.75) is 38.7 Å². The lowest BCUT2D eigenvalue weighted by molar-refractivity contribution is -0.137. The van der Waals surface area contributed by atoms with Crippen LogP contribution in [0.1, 0.15) is 40.9 Å². The van der Waals surface area contributed by atoms with Crippen molar-refractivity contribution in [2.75, 3.05) is 0 Å². The number of carboxylic acids is 1. The van der Waals surface area contributed by atoms with Crippen LogP contribution in [-0.2, 0) is 29.6 Å². The van der Waals surface area contributed by atoms with Crippen LogP contribution >= 0.6 is 11.6 Å². The monoisotopic (exact) mass is 572 g/mol. The molecule has 0 aliphatic carbocycles. The minimum absolute atomic E-state index is 0.0358. The molecule has 0 saturated carbocycles. The highest BCUT2D eigenvalue weighted by atomic mass is 35.5. The Bertz CT molecular complexity index is 1610. The fourth-order valence-electron chi connectivity index (χ4n) is 4.11. The van der Waals surface area contributed by atoms with E-state index in [1.54, 1.807) is 50.2 Å². The van der Waals surface area contributed by atoms with Crippen molar-refractivity contribution >= 4 is 23.5 Å². The number of halogens is 4. The SMILES string of the molecule is CC(C)(NC(=O)Cn1nc(-c2ccc(Cl)cc2)n(Cc2ccc(C(=O)O)cc2)c1=O)c1cccc(C(F)(F)F)c1. The Morgan fingerprint density at radius 3 is 2.20 bits per heavy atom. The van der Waals surface area contributed by atoms with Crippen molar-refractivity contribution in [3.63, 3.8) is 0 Å². The number of aromatic nitrogens is 3. The highest BCUT2D eigenvalue weighted by molar-refractivity contribution is 6.30. The average molecular weight is 573 g/mol. The third-order valence-electron chi connectivity index (χ3n) is 6.22. The summed E-state index contributed by atoms with van der Waals surface area (Å²) in [4.78, 5) is 37.5. The Morgan fingerprint density at radius 1 is 0.975 bits per heavy atom. The molecule has 8 nitrogen and oxygen atoms in total. The minimum atomic E-state index is -4.54. The second kappa shape index (κ2) is 11.0. The second-order valence-corrected chi connectivity index (χ2v) is 10.0. The van der Waals surface area contributed by atoms with Gasteiger partial charge >= 0.3 is 17.8 Å². The summed E-state index contributed by atoms with van der Waals surface area (Å²) in [6.45, 7) is 2.66. The van der Waals surface area contributed by atoms with Crippen molar-refractivity contribution in [3.05, 3.63) is 111 Å². The van der Waals surface area contributed by atoms with Crippen LogP contribution in [0.4, 0.5) is 13.2 Å². The summed E-state index contributed by atoms with van der Waals surface area (Å²) in [5.41, 5.74) is -1.14. The maximum Gasteiger partial charge on any atom is 0.416 e. The standard InChI is InChI=1S/C28H24ClF3N4O4/c1-27(2,20-4-3-5-21(14-20)28(30,31)32)33-23(37)16-36-26(40)35(15-17-6-8-19(9-7-17)25(38)39)24(34-36)18-10-12-22(29)13-11-18/h3-14H,15-16H2,1-2H3,(H,33,37)(H,38,39). The van der Waals surface area contributed by atoms with Gasteiger partial charge in [-0.15, -0.1) is 5.10 Å². The van der Waals surface area contributed by atoms with Crippen molar-refractivity contribution in [1.29, 1.82) is 0 Å². The first-order chi connectivity index (χ1) is 18.7. The topological polar surface area (TPSA) is 106 Å². The number of carbonyl (C=O) groups is 2. The number of nitrogens with one attached hydrogen (secondary N) is 1. The van der Waals surface area contributed by atoms with Gasteiger partial charge in [0.05, 0.1) is 23.2 Å². The molecular formula is C28H24ClF3N4O4. The van der Waals surface area contributed by atoms with Crippen LogP contribution in [-0.4, -0.2) is 31.3 Å². The van der Waals surface area contributed by atoms with E-state index < -0.39 is 41.4 Å². The van der Waals surface area contributed by atoms with E-state index in [0.717, 1.165) is 16.8 Å². The molecule has 0 spiro atoms. The molecule has 4 aromatic rings. The molecule has 0 fully saturated rings. The van der Waals surface area contributed by atoms with E-state index in [1.807, 2.05) is 0 Å². The van der Waals surface area contributed by atoms with Gasteiger partial charge in [-0.3, -0.25) is 9.36 Å². The van der Waals surface area contributed by atoms with Crippen LogP contribution in [0.5, 0.6) is 0 Å². The molecule has 4 rings (SSSR count). The van der Waals surface area contributed by atoms with Gasteiger partial charge in [-0.25, -0.2) is 14.3 Å². The number of rotatable bonds is 8. The molecule has 0 aliphatic heterocycles. The molecule has 12 heteroatoms. The molecule has 1 heterocycles. The molecule has 1 amide bonds. The first-order valence-electron chi connectivity index (χ1n) is 12.0. The van der Waals surface area contributed by atoms with Crippen molar-refractivity contribution in [1.82, 2.24) is 19.7 Å². The molecular weight excluding hydrogens is 549 g/mol. The molecule has 0 radical (unpaired) electrons. The van der Waals surface area contributed by atoms with Gasteiger partial charge in [-0.1, -0.05) is 35.9 Å². The Balaban J connectivity index is 1.63. The summed E-state index contributed by atoms with van der Waals surface area (Å²) in [7, 11) is 0. The van der Waals surface area contributed by atoms with Gasteiger partial charge in [-0.05, 0) is 73.5 Å². The number of hydrogen-bond donors (Lipinski definition) is 2. The molecule has 0 aliphatic rings. The zero-order valence-corrected chi connectivity index (χ0v) is 22.1. The van der Waals surface area contributed by atoms with Gasteiger partial charge in [0.25, 0.3) is 0 Å². The average Bonchev–Trinajstić information content (AvgIpc) is 3.18. The maximum absolute atomic E-state index is 13.4. The number of benzene rings is 3.